The quantitative estimate of drug-likeness (QED) is 0.919. The number of nitrogens with zero attached hydrogens (tertiary/aromatic N) is 5. The predicted molar refractivity (Wildman–Crippen MR) is 87.5 cm³/mol. The number of urea groups is 1. The molecule has 1 aromatic heterocycles. The van der Waals surface area contributed by atoms with Gasteiger partial charge in [-0.2, -0.15) is 10.4 Å². The van der Waals surface area contributed by atoms with E-state index in [-0.39, 0.29) is 11.9 Å². The molecule has 0 aliphatic carbocycles. The van der Waals surface area contributed by atoms with Gasteiger partial charge in [-0.3, -0.25) is 4.68 Å². The van der Waals surface area contributed by atoms with Gasteiger partial charge in [0.15, 0.2) is 5.82 Å². The van der Waals surface area contributed by atoms with E-state index in [9.17, 15) is 4.79 Å². The first kappa shape index (κ1) is 16.5. The summed E-state index contributed by atoms with van der Waals surface area (Å²) in [6, 6.07) is 9.29. The van der Waals surface area contributed by atoms with Crippen molar-refractivity contribution in [2.24, 2.45) is 13.0 Å². The monoisotopic (exact) mass is 312 g/mol. The molecule has 1 atom stereocenters. The van der Waals surface area contributed by atoms with Crippen LogP contribution in [0.4, 0.5) is 10.5 Å². The van der Waals surface area contributed by atoms with E-state index in [1.807, 2.05) is 31.2 Å². The molecule has 0 bridgehead atoms. The lowest BCUT2D eigenvalue weighted by molar-refractivity contribution is 0.210. The molecule has 0 saturated carbocycles. The van der Waals surface area contributed by atoms with Crippen LogP contribution in [0.15, 0.2) is 30.6 Å². The molecule has 0 radical (unpaired) electrons. The number of anilines is 1. The standard InChI is InChI=1S/C16H20N6O/c1-4-22(10-12(2)9-17)16(23)19-14-7-5-6-13(8-14)15-18-11-21(3)20-15/h5-8,11-12H,4,10H2,1-3H3,(H,19,23). The van der Waals surface area contributed by atoms with Crippen LogP contribution in [-0.4, -0.2) is 38.8 Å². The molecule has 1 aromatic carbocycles. The number of hydrogen-bond donors (Lipinski definition) is 1. The van der Waals surface area contributed by atoms with Gasteiger partial charge in [0.25, 0.3) is 0 Å². The van der Waals surface area contributed by atoms with Crippen LogP contribution in [0.25, 0.3) is 11.4 Å². The fraction of sp³-hybridized carbons (Fsp3) is 0.375. The van der Waals surface area contributed by atoms with Gasteiger partial charge in [-0.05, 0) is 26.0 Å². The maximum Gasteiger partial charge on any atom is 0.321 e. The van der Waals surface area contributed by atoms with Crippen molar-refractivity contribution in [2.75, 3.05) is 18.4 Å². The smallest absolute Gasteiger partial charge is 0.321 e. The molecule has 2 amide bonds. The third kappa shape index (κ3) is 4.30. The molecule has 0 aliphatic heterocycles. The fourth-order valence-corrected chi connectivity index (χ4v) is 2.14. The molecule has 23 heavy (non-hydrogen) atoms. The maximum absolute atomic E-state index is 12.3. The number of nitrogens with one attached hydrogen (secondary N) is 1. The number of aryl methyl sites for hydroxylation is 1. The Kier molecular flexibility index (Phi) is 5.31. The number of aromatic nitrogens is 3. The van der Waals surface area contributed by atoms with Gasteiger partial charge in [-0.15, -0.1) is 0 Å². The zero-order chi connectivity index (χ0) is 16.8. The van der Waals surface area contributed by atoms with Crippen LogP contribution in [0.5, 0.6) is 0 Å². The molecule has 1 unspecified atom stereocenters. The summed E-state index contributed by atoms with van der Waals surface area (Å²) < 4.78 is 1.63. The molecule has 1 heterocycles. The summed E-state index contributed by atoms with van der Waals surface area (Å²) in [6.07, 6.45) is 1.63. The van der Waals surface area contributed by atoms with Crippen molar-refractivity contribution in [3.63, 3.8) is 0 Å². The van der Waals surface area contributed by atoms with Crippen molar-refractivity contribution >= 4 is 11.7 Å². The number of carbonyl (C=O) groups is 1. The van der Waals surface area contributed by atoms with E-state index in [4.69, 9.17) is 5.26 Å². The van der Waals surface area contributed by atoms with E-state index in [1.54, 1.807) is 29.9 Å². The van der Waals surface area contributed by atoms with Crippen molar-refractivity contribution in [3.8, 4) is 17.5 Å². The molecule has 1 N–H and O–H groups in total. The van der Waals surface area contributed by atoms with Crippen LogP contribution >= 0.6 is 0 Å². The number of benzene rings is 1. The number of rotatable bonds is 5. The Morgan fingerprint density at radius 2 is 2.30 bits per heavy atom. The third-order valence-corrected chi connectivity index (χ3v) is 3.36. The highest BCUT2D eigenvalue weighted by atomic mass is 16.2. The molecular weight excluding hydrogens is 292 g/mol. The van der Waals surface area contributed by atoms with E-state index in [0.29, 0.717) is 24.6 Å². The first-order valence-corrected chi connectivity index (χ1v) is 7.45. The van der Waals surface area contributed by atoms with Gasteiger partial charge in [0.2, 0.25) is 0 Å². The normalized spacial score (nSPS) is 11.6. The van der Waals surface area contributed by atoms with Crippen LogP contribution in [0.2, 0.25) is 0 Å². The predicted octanol–water partition coefficient (Wildman–Crippen LogP) is 2.50. The average molecular weight is 312 g/mol. The second-order valence-electron chi connectivity index (χ2n) is 5.32. The largest absolute Gasteiger partial charge is 0.324 e. The zero-order valence-electron chi connectivity index (χ0n) is 13.5. The van der Waals surface area contributed by atoms with E-state index in [1.165, 1.54) is 0 Å². The number of nitriles is 1. The minimum atomic E-state index is -0.222. The Morgan fingerprint density at radius 1 is 1.52 bits per heavy atom. The van der Waals surface area contributed by atoms with E-state index >= 15 is 0 Å². The summed E-state index contributed by atoms with van der Waals surface area (Å²) in [5, 5.41) is 16.0. The molecule has 7 nitrogen and oxygen atoms in total. The van der Waals surface area contributed by atoms with Gasteiger partial charge in [0.05, 0.1) is 12.0 Å². The lowest BCUT2D eigenvalue weighted by Crippen LogP contribution is -2.37. The van der Waals surface area contributed by atoms with Crippen molar-refractivity contribution in [3.05, 3.63) is 30.6 Å². The van der Waals surface area contributed by atoms with E-state index in [0.717, 1.165) is 5.56 Å². The summed E-state index contributed by atoms with van der Waals surface area (Å²) in [6.45, 7) is 4.63. The third-order valence-electron chi connectivity index (χ3n) is 3.36. The first-order chi connectivity index (χ1) is 11.0. The van der Waals surface area contributed by atoms with Crippen molar-refractivity contribution in [1.82, 2.24) is 19.7 Å². The lowest BCUT2D eigenvalue weighted by Gasteiger charge is -2.22. The van der Waals surface area contributed by atoms with Crippen molar-refractivity contribution < 1.29 is 4.79 Å². The summed E-state index contributed by atoms with van der Waals surface area (Å²) in [5.41, 5.74) is 1.50. The minimum absolute atomic E-state index is 0.204. The van der Waals surface area contributed by atoms with E-state index in [2.05, 4.69) is 21.5 Å². The zero-order valence-corrected chi connectivity index (χ0v) is 13.5. The first-order valence-electron chi connectivity index (χ1n) is 7.45. The van der Waals surface area contributed by atoms with E-state index < -0.39 is 0 Å². The van der Waals surface area contributed by atoms with Crippen LogP contribution in [0.1, 0.15) is 13.8 Å². The molecule has 0 aliphatic rings. The summed E-state index contributed by atoms with van der Waals surface area (Å²) >= 11 is 0. The molecule has 0 fully saturated rings. The van der Waals surface area contributed by atoms with Crippen LogP contribution in [-0.2, 0) is 7.05 Å². The van der Waals surface area contributed by atoms with Gasteiger partial charge in [-0.1, -0.05) is 12.1 Å². The van der Waals surface area contributed by atoms with Gasteiger partial charge >= 0.3 is 6.03 Å². The van der Waals surface area contributed by atoms with Gasteiger partial charge in [-0.25, -0.2) is 9.78 Å². The van der Waals surface area contributed by atoms with Crippen molar-refractivity contribution in [1.29, 1.82) is 5.26 Å². The SMILES string of the molecule is CCN(CC(C)C#N)C(=O)Nc1cccc(-c2ncn(C)n2)c1. The molecule has 7 heteroatoms. The summed E-state index contributed by atoms with van der Waals surface area (Å²) in [7, 11) is 1.80. The molecule has 0 spiro atoms. The Hall–Kier alpha value is -2.88. The molecular formula is C16H20N6O. The van der Waals surface area contributed by atoms with Crippen LogP contribution in [0, 0.1) is 17.2 Å². The topological polar surface area (TPSA) is 86.8 Å². The van der Waals surface area contributed by atoms with Crippen LogP contribution < -0.4 is 5.32 Å². The average Bonchev–Trinajstić information content (AvgIpc) is 2.99. The highest BCUT2D eigenvalue weighted by Gasteiger charge is 2.15. The van der Waals surface area contributed by atoms with Gasteiger partial charge in [0.1, 0.15) is 6.33 Å². The molecule has 2 rings (SSSR count). The second-order valence-corrected chi connectivity index (χ2v) is 5.32. The highest BCUT2D eigenvalue weighted by molar-refractivity contribution is 5.90. The lowest BCUT2D eigenvalue weighted by atomic mass is 10.2. The second kappa shape index (κ2) is 7.40. The number of carbonyl (C=O) groups excluding carboxylic acids is 1. The maximum atomic E-state index is 12.3. The van der Waals surface area contributed by atoms with Gasteiger partial charge in [0, 0.05) is 31.4 Å². The molecule has 2 aromatic rings. The number of hydrogen-bond acceptors (Lipinski definition) is 4. The Labute approximate surface area is 135 Å². The highest BCUT2D eigenvalue weighted by Crippen LogP contribution is 2.19. The van der Waals surface area contributed by atoms with Gasteiger partial charge < -0.3 is 10.2 Å². The summed E-state index contributed by atoms with van der Waals surface area (Å²) in [4.78, 5) is 18.1. The van der Waals surface area contributed by atoms with Crippen LogP contribution in [0.3, 0.4) is 0 Å². The molecule has 0 saturated heterocycles. The van der Waals surface area contributed by atoms with Crippen molar-refractivity contribution in [2.45, 2.75) is 13.8 Å². The minimum Gasteiger partial charge on any atom is -0.324 e. The number of amides is 2. The molecule has 120 valence electrons. The Bertz CT molecular complexity index is 717. The summed E-state index contributed by atoms with van der Waals surface area (Å²) in [5.74, 6) is 0.402. The fourth-order valence-electron chi connectivity index (χ4n) is 2.14. The Balaban J connectivity index is 2.10. The Morgan fingerprint density at radius 3 is 2.91 bits per heavy atom.